The highest BCUT2D eigenvalue weighted by molar-refractivity contribution is 8.15. The highest BCUT2D eigenvalue weighted by Crippen LogP contribution is 2.39. The minimum atomic E-state index is -1.43. The van der Waals surface area contributed by atoms with Gasteiger partial charge in [0, 0.05) is 31.7 Å². The lowest BCUT2D eigenvalue weighted by Gasteiger charge is -2.36. The highest BCUT2D eigenvalue weighted by Gasteiger charge is 2.60. The zero-order chi connectivity index (χ0) is 19.5. The number of carboxylic acid groups (broad SMARTS) is 1. The summed E-state index contributed by atoms with van der Waals surface area (Å²) in [4.78, 5) is 49.9. The third kappa shape index (κ3) is 3.73. The molecule has 2 rings (SSSR count). The molecule has 7 heteroatoms. The second-order valence-corrected chi connectivity index (χ2v) is 8.64. The number of rotatable bonds is 5. The Labute approximate surface area is 157 Å². The van der Waals surface area contributed by atoms with Crippen LogP contribution in [0.2, 0.25) is 0 Å². The van der Waals surface area contributed by atoms with Crippen LogP contribution in [0.3, 0.4) is 0 Å². The monoisotopic (exact) mass is 378 g/mol. The Morgan fingerprint density at radius 1 is 1.23 bits per heavy atom. The van der Waals surface area contributed by atoms with Crippen LogP contribution < -0.4 is 0 Å². The number of benzene rings is 1. The number of thioether (sulfide) groups is 1. The van der Waals surface area contributed by atoms with Crippen molar-refractivity contribution >= 4 is 34.7 Å². The van der Waals surface area contributed by atoms with Gasteiger partial charge in [0.15, 0.2) is 10.9 Å². The normalized spacial score (nSPS) is 24.7. The van der Waals surface area contributed by atoms with Gasteiger partial charge in [-0.3, -0.25) is 9.59 Å². The smallest absolute Gasteiger partial charge is 0.435 e. The van der Waals surface area contributed by atoms with Crippen molar-refractivity contribution in [1.29, 1.82) is 0 Å². The molecule has 1 saturated heterocycles. The summed E-state index contributed by atoms with van der Waals surface area (Å²) in [6, 6.07) is 8.12. The van der Waals surface area contributed by atoms with Crippen molar-refractivity contribution in [2.24, 2.45) is 0 Å². The first-order valence-corrected chi connectivity index (χ1v) is 9.39. The quantitative estimate of drug-likeness (QED) is 0.623. The summed E-state index contributed by atoms with van der Waals surface area (Å²) < 4.78 is -2.16. The summed E-state index contributed by atoms with van der Waals surface area (Å²) in [6.07, 6.45) is -0.208. The summed E-state index contributed by atoms with van der Waals surface area (Å²) in [5, 5.41) is 9.50. The van der Waals surface area contributed by atoms with Crippen LogP contribution in [0.1, 0.15) is 50.4 Å². The van der Waals surface area contributed by atoms with Crippen molar-refractivity contribution in [3.63, 3.8) is 0 Å². The van der Waals surface area contributed by atoms with Gasteiger partial charge in [-0.25, -0.2) is 4.79 Å². The average Bonchev–Trinajstić information content (AvgIpc) is 2.96. The fraction of sp³-hybridized carbons (Fsp3) is 0.474. The summed E-state index contributed by atoms with van der Waals surface area (Å²) in [7, 11) is 0. The van der Waals surface area contributed by atoms with Crippen LogP contribution in [0.25, 0.3) is 0 Å². The molecule has 2 unspecified atom stereocenters. The Balaban J connectivity index is 2.42. The maximum absolute atomic E-state index is 13.4. The van der Waals surface area contributed by atoms with Gasteiger partial charge >= 0.3 is 12.0 Å². The maximum Gasteiger partial charge on any atom is 0.521 e. The highest BCUT2D eigenvalue weighted by atomic mass is 32.2. The largest absolute Gasteiger partial charge is 0.521 e. The molecule has 1 aliphatic heterocycles. The summed E-state index contributed by atoms with van der Waals surface area (Å²) in [5.41, 5.74) is 0.437. The molecule has 26 heavy (non-hydrogen) atoms. The van der Waals surface area contributed by atoms with E-state index in [-0.39, 0.29) is 23.9 Å². The predicted molar refractivity (Wildman–Crippen MR) is 98.9 cm³/mol. The standard InChI is InChI=1S/C19H23NO5S/c1-13-8-7-11-20(13,18(24)25)17(23)19(3,26-14(2)21)12-16(22)15-9-5-4-6-10-15/h4-6,9-10,13H,7-8,11-12H2,1-3H3/p+1/t13-,19?,20?/m1/s1. The molecule has 1 heterocycles. The minimum Gasteiger partial charge on any atom is -0.435 e. The first-order chi connectivity index (χ1) is 12.1. The number of hydrogen-bond donors (Lipinski definition) is 1. The lowest BCUT2D eigenvalue weighted by atomic mass is 9.96. The first-order valence-electron chi connectivity index (χ1n) is 8.57. The van der Waals surface area contributed by atoms with Gasteiger partial charge in [0.1, 0.15) is 10.8 Å². The van der Waals surface area contributed by atoms with Gasteiger partial charge in [-0.1, -0.05) is 42.1 Å². The van der Waals surface area contributed by atoms with E-state index in [0.29, 0.717) is 18.4 Å². The van der Waals surface area contributed by atoms with E-state index in [1.807, 2.05) is 0 Å². The minimum absolute atomic E-state index is 0.183. The molecule has 2 amide bonds. The van der Waals surface area contributed by atoms with Crippen LogP contribution in [0.15, 0.2) is 30.3 Å². The van der Waals surface area contributed by atoms with Crippen LogP contribution in [0.5, 0.6) is 0 Å². The Morgan fingerprint density at radius 3 is 2.31 bits per heavy atom. The lowest BCUT2D eigenvalue weighted by molar-refractivity contribution is -0.793. The van der Waals surface area contributed by atoms with Crippen LogP contribution in [0, 0.1) is 0 Å². The molecular weight excluding hydrogens is 354 g/mol. The molecule has 1 fully saturated rings. The number of nitrogens with zero attached hydrogens (tertiary/aromatic N) is 1. The van der Waals surface area contributed by atoms with Crippen LogP contribution in [-0.4, -0.2) is 49.8 Å². The molecule has 0 bridgehead atoms. The molecule has 0 saturated carbocycles. The molecule has 1 aromatic carbocycles. The number of carbonyl (C=O) groups excluding carboxylic acids is 3. The van der Waals surface area contributed by atoms with Gasteiger partial charge in [-0.05, 0) is 13.8 Å². The second kappa shape index (κ2) is 7.72. The second-order valence-electron chi connectivity index (χ2n) is 6.96. The zero-order valence-corrected chi connectivity index (χ0v) is 16.0. The molecule has 0 radical (unpaired) electrons. The molecule has 1 N–H and O–H groups in total. The van der Waals surface area contributed by atoms with E-state index in [1.165, 1.54) is 13.8 Å². The molecule has 1 aromatic rings. The fourth-order valence-electron chi connectivity index (χ4n) is 3.68. The van der Waals surface area contributed by atoms with Gasteiger partial charge in [-0.15, -0.1) is 0 Å². The molecule has 0 spiro atoms. The molecule has 1 aliphatic rings. The Bertz CT molecular complexity index is 735. The van der Waals surface area contributed by atoms with Crippen molar-refractivity contribution in [2.45, 2.75) is 50.8 Å². The van der Waals surface area contributed by atoms with Crippen molar-refractivity contribution in [3.8, 4) is 0 Å². The number of ketones is 1. The number of hydrogen-bond acceptors (Lipinski definition) is 5. The summed E-state index contributed by atoms with van der Waals surface area (Å²) in [6.45, 7) is 4.75. The van der Waals surface area contributed by atoms with E-state index in [9.17, 15) is 24.3 Å². The summed E-state index contributed by atoms with van der Waals surface area (Å²) in [5.74, 6) is -0.870. The predicted octanol–water partition coefficient (Wildman–Crippen LogP) is 3.50. The molecular formula is C19H24NO5S+. The third-order valence-electron chi connectivity index (χ3n) is 5.00. The van der Waals surface area contributed by atoms with Gasteiger partial charge in [-0.2, -0.15) is 9.28 Å². The van der Waals surface area contributed by atoms with Gasteiger partial charge < -0.3 is 5.11 Å². The first kappa shape index (κ1) is 20.3. The summed E-state index contributed by atoms with van der Waals surface area (Å²) >= 11 is 0.750. The number of likely N-dealkylation sites (tertiary alicyclic amines) is 1. The van der Waals surface area contributed by atoms with Gasteiger partial charge in [0.25, 0.3) is 0 Å². The zero-order valence-electron chi connectivity index (χ0n) is 15.2. The molecule has 0 aliphatic carbocycles. The number of quaternary nitrogens is 1. The Morgan fingerprint density at radius 2 is 1.85 bits per heavy atom. The Hall–Kier alpha value is -1.99. The van der Waals surface area contributed by atoms with Crippen molar-refractivity contribution in [2.75, 3.05) is 6.54 Å². The number of Topliss-reactive ketones (excluding diaryl/α,β-unsaturated/α-hetero) is 1. The lowest BCUT2D eigenvalue weighted by Crippen LogP contribution is -2.64. The van der Waals surface area contributed by atoms with Crippen LogP contribution >= 0.6 is 11.8 Å². The van der Waals surface area contributed by atoms with Crippen molar-refractivity contribution in [3.05, 3.63) is 35.9 Å². The van der Waals surface area contributed by atoms with E-state index in [1.54, 1.807) is 37.3 Å². The van der Waals surface area contributed by atoms with Gasteiger partial charge in [0.2, 0.25) is 0 Å². The van der Waals surface area contributed by atoms with E-state index < -0.39 is 27.3 Å². The van der Waals surface area contributed by atoms with Gasteiger partial charge in [0.05, 0.1) is 6.54 Å². The van der Waals surface area contributed by atoms with Crippen molar-refractivity contribution in [1.82, 2.24) is 0 Å². The van der Waals surface area contributed by atoms with Crippen LogP contribution in [-0.2, 0) is 9.59 Å². The van der Waals surface area contributed by atoms with E-state index in [0.717, 1.165) is 11.8 Å². The number of carbonyl (C=O) groups is 4. The Kier molecular flexibility index (Phi) is 6.03. The number of amides is 2. The number of imide groups is 1. The average molecular weight is 378 g/mol. The van der Waals surface area contributed by atoms with E-state index in [4.69, 9.17) is 0 Å². The third-order valence-corrected chi connectivity index (χ3v) is 6.06. The fourth-order valence-corrected chi connectivity index (χ4v) is 4.76. The molecule has 6 nitrogen and oxygen atoms in total. The topological polar surface area (TPSA) is 88.5 Å². The van der Waals surface area contributed by atoms with E-state index in [2.05, 4.69) is 0 Å². The molecule has 140 valence electrons. The molecule has 3 atom stereocenters. The van der Waals surface area contributed by atoms with Crippen molar-refractivity contribution < 1.29 is 28.8 Å². The van der Waals surface area contributed by atoms with Crippen LogP contribution in [0.4, 0.5) is 4.79 Å². The maximum atomic E-state index is 13.4. The molecule has 0 aromatic heterocycles. The SMILES string of the molecule is CC(=O)SC(C)(CC(=O)c1ccccc1)C(=O)[N+]1(C(=O)O)CCC[C@H]1C. The van der Waals surface area contributed by atoms with E-state index >= 15 is 0 Å².